The molecule has 0 aliphatic rings. The number of aromatic nitrogens is 3. The molecule has 0 fully saturated rings. The number of fused-ring (bicyclic) bond motifs is 1. The summed E-state index contributed by atoms with van der Waals surface area (Å²) in [6.45, 7) is 2.02. The van der Waals surface area contributed by atoms with E-state index in [0.717, 1.165) is 21.3 Å². The topological polar surface area (TPSA) is 70.7 Å². The van der Waals surface area contributed by atoms with Crippen molar-refractivity contribution in [2.24, 2.45) is 0 Å². The summed E-state index contributed by atoms with van der Waals surface area (Å²) in [5.41, 5.74) is 3.72. The summed E-state index contributed by atoms with van der Waals surface area (Å²) in [5, 5.41) is 11.2. The Morgan fingerprint density at radius 2 is 1.96 bits per heavy atom. The molecule has 130 valence electrons. The van der Waals surface area contributed by atoms with Crippen LogP contribution < -0.4 is 5.32 Å². The lowest BCUT2D eigenvalue weighted by Crippen LogP contribution is -2.11. The average molecular weight is 403 g/mol. The smallest absolute Gasteiger partial charge is 0.275 e. The minimum atomic E-state index is -0.306. The number of amides is 1. The fourth-order valence-electron chi connectivity index (χ4n) is 2.49. The van der Waals surface area contributed by atoms with Gasteiger partial charge in [0, 0.05) is 5.56 Å². The minimum Gasteiger partial charge on any atom is -0.296 e. The van der Waals surface area contributed by atoms with Crippen molar-refractivity contribution in [3.8, 4) is 11.3 Å². The molecule has 0 radical (unpaired) electrons. The summed E-state index contributed by atoms with van der Waals surface area (Å²) in [4.78, 5) is 16.9. The zero-order valence-electron chi connectivity index (χ0n) is 13.5. The molecule has 0 unspecified atom stereocenters. The molecule has 2 heterocycles. The van der Waals surface area contributed by atoms with Gasteiger partial charge in [0.2, 0.25) is 0 Å². The van der Waals surface area contributed by atoms with Gasteiger partial charge in [-0.05, 0) is 42.8 Å². The fourth-order valence-corrected chi connectivity index (χ4v) is 3.75. The second-order valence-corrected chi connectivity index (χ2v) is 7.59. The van der Waals surface area contributed by atoms with Gasteiger partial charge in [0.25, 0.3) is 5.91 Å². The van der Waals surface area contributed by atoms with Gasteiger partial charge in [-0.25, -0.2) is 4.98 Å². The molecule has 0 saturated carbocycles. The van der Waals surface area contributed by atoms with Crippen molar-refractivity contribution in [1.82, 2.24) is 15.2 Å². The highest BCUT2D eigenvalue weighted by atomic mass is 35.5. The number of rotatable bonds is 3. The number of anilines is 1. The normalized spacial score (nSPS) is 11.0. The van der Waals surface area contributed by atoms with E-state index < -0.39 is 0 Å². The molecule has 0 aliphatic heterocycles. The molecular formula is C18H12Cl2N4OS. The van der Waals surface area contributed by atoms with Crippen LogP contribution in [-0.4, -0.2) is 21.1 Å². The van der Waals surface area contributed by atoms with Crippen molar-refractivity contribution >= 4 is 55.8 Å². The van der Waals surface area contributed by atoms with Crippen LogP contribution in [-0.2, 0) is 0 Å². The number of nitrogens with one attached hydrogen (secondary N) is 2. The van der Waals surface area contributed by atoms with Gasteiger partial charge < -0.3 is 0 Å². The first-order valence-electron chi connectivity index (χ1n) is 7.69. The highest BCUT2D eigenvalue weighted by Gasteiger charge is 2.14. The summed E-state index contributed by atoms with van der Waals surface area (Å²) in [6, 6.07) is 12.8. The maximum atomic E-state index is 12.5. The van der Waals surface area contributed by atoms with Crippen molar-refractivity contribution in [3.63, 3.8) is 0 Å². The molecule has 2 aromatic carbocycles. The van der Waals surface area contributed by atoms with Gasteiger partial charge in [-0.2, -0.15) is 5.10 Å². The largest absolute Gasteiger partial charge is 0.296 e. The molecule has 0 atom stereocenters. The molecule has 0 saturated heterocycles. The number of aromatic amines is 1. The highest BCUT2D eigenvalue weighted by Crippen LogP contribution is 2.29. The first-order valence-corrected chi connectivity index (χ1v) is 9.26. The molecule has 0 spiro atoms. The van der Waals surface area contributed by atoms with Gasteiger partial charge in [-0.1, -0.05) is 46.7 Å². The molecule has 2 N–H and O–H groups in total. The van der Waals surface area contributed by atoms with Crippen molar-refractivity contribution in [2.45, 2.75) is 6.92 Å². The van der Waals surface area contributed by atoms with E-state index in [0.29, 0.717) is 26.6 Å². The lowest BCUT2D eigenvalue weighted by molar-refractivity contribution is 0.102. The quantitative estimate of drug-likeness (QED) is 0.471. The van der Waals surface area contributed by atoms with Crippen molar-refractivity contribution in [2.75, 3.05) is 5.32 Å². The molecule has 8 heteroatoms. The second-order valence-electron chi connectivity index (χ2n) is 5.74. The maximum absolute atomic E-state index is 12.5. The van der Waals surface area contributed by atoms with E-state index in [1.54, 1.807) is 24.3 Å². The first kappa shape index (κ1) is 17.0. The van der Waals surface area contributed by atoms with E-state index in [-0.39, 0.29) is 5.91 Å². The number of thiazole rings is 1. The third-order valence-electron chi connectivity index (χ3n) is 3.80. The number of benzene rings is 2. The lowest BCUT2D eigenvalue weighted by Gasteiger charge is -1.99. The Morgan fingerprint density at radius 3 is 2.77 bits per heavy atom. The van der Waals surface area contributed by atoms with Gasteiger partial charge in [-0.15, -0.1) is 0 Å². The fraction of sp³-hybridized carbons (Fsp3) is 0.0556. The van der Waals surface area contributed by atoms with Gasteiger partial charge in [-0.3, -0.25) is 15.2 Å². The second kappa shape index (κ2) is 6.72. The van der Waals surface area contributed by atoms with Gasteiger partial charge >= 0.3 is 0 Å². The summed E-state index contributed by atoms with van der Waals surface area (Å²) in [6.07, 6.45) is 0. The number of nitrogens with zero attached hydrogens (tertiary/aromatic N) is 2. The molecule has 2 aromatic heterocycles. The Kier molecular flexibility index (Phi) is 4.40. The molecule has 4 aromatic rings. The van der Waals surface area contributed by atoms with E-state index in [2.05, 4.69) is 20.5 Å². The molecule has 0 aliphatic carbocycles. The number of carbonyl (C=O) groups is 1. The number of halogens is 2. The van der Waals surface area contributed by atoms with Crippen LogP contribution in [0.3, 0.4) is 0 Å². The van der Waals surface area contributed by atoms with Crippen LogP contribution in [0.2, 0.25) is 10.0 Å². The molecule has 5 nitrogen and oxygen atoms in total. The minimum absolute atomic E-state index is 0.306. The van der Waals surface area contributed by atoms with Crippen molar-refractivity contribution in [3.05, 3.63) is 63.8 Å². The van der Waals surface area contributed by atoms with Crippen LogP contribution >= 0.6 is 34.5 Å². The zero-order valence-corrected chi connectivity index (χ0v) is 15.8. The Hall–Kier alpha value is -2.41. The standard InChI is InChI=1S/C18H12Cl2N4OS/c1-9-2-5-13-16(6-9)26-18(21-13)22-17(25)15-8-14(23-24-15)10-3-4-11(19)12(20)7-10/h2-8H,1H3,(H,23,24)(H,21,22,25). The Bertz CT molecular complexity index is 1140. The molecule has 26 heavy (non-hydrogen) atoms. The van der Waals surface area contributed by atoms with Crippen LogP contribution in [0.15, 0.2) is 42.5 Å². The van der Waals surface area contributed by atoms with Crippen LogP contribution in [0, 0.1) is 6.92 Å². The lowest BCUT2D eigenvalue weighted by atomic mass is 10.1. The van der Waals surface area contributed by atoms with Crippen LogP contribution in [0.4, 0.5) is 5.13 Å². The Labute approximate surface area is 163 Å². The van der Waals surface area contributed by atoms with E-state index in [1.165, 1.54) is 11.3 Å². The predicted octanol–water partition coefficient (Wildman–Crippen LogP) is 5.55. The van der Waals surface area contributed by atoms with Gasteiger partial charge in [0.1, 0.15) is 5.69 Å². The molecule has 4 rings (SSSR count). The van der Waals surface area contributed by atoms with Crippen molar-refractivity contribution in [1.29, 1.82) is 0 Å². The molecule has 1 amide bonds. The summed E-state index contributed by atoms with van der Waals surface area (Å²) >= 11 is 13.4. The Morgan fingerprint density at radius 1 is 1.12 bits per heavy atom. The molecule has 0 bridgehead atoms. The number of hydrogen-bond acceptors (Lipinski definition) is 4. The van der Waals surface area contributed by atoms with E-state index in [4.69, 9.17) is 23.2 Å². The van der Waals surface area contributed by atoms with Gasteiger partial charge in [0.15, 0.2) is 5.13 Å². The van der Waals surface area contributed by atoms with Gasteiger partial charge in [0.05, 0.1) is 26.0 Å². The number of aryl methyl sites for hydroxylation is 1. The number of H-pyrrole nitrogens is 1. The SMILES string of the molecule is Cc1ccc2nc(NC(=O)c3cc(-c4ccc(Cl)c(Cl)c4)n[nH]3)sc2c1. The third kappa shape index (κ3) is 3.31. The predicted molar refractivity (Wildman–Crippen MR) is 106 cm³/mol. The first-order chi connectivity index (χ1) is 12.5. The highest BCUT2D eigenvalue weighted by molar-refractivity contribution is 7.22. The van der Waals surface area contributed by atoms with Crippen LogP contribution in [0.25, 0.3) is 21.5 Å². The summed E-state index contributed by atoms with van der Waals surface area (Å²) < 4.78 is 1.03. The van der Waals surface area contributed by atoms with Crippen LogP contribution in [0.5, 0.6) is 0 Å². The average Bonchev–Trinajstić information content (AvgIpc) is 3.23. The van der Waals surface area contributed by atoms with Crippen LogP contribution in [0.1, 0.15) is 16.1 Å². The van der Waals surface area contributed by atoms with E-state index in [1.807, 2.05) is 25.1 Å². The monoisotopic (exact) mass is 402 g/mol. The van der Waals surface area contributed by atoms with Crippen molar-refractivity contribution < 1.29 is 4.79 Å². The molecular weight excluding hydrogens is 391 g/mol. The maximum Gasteiger partial charge on any atom is 0.275 e. The summed E-state index contributed by atoms with van der Waals surface area (Å²) in [5.74, 6) is -0.306. The summed E-state index contributed by atoms with van der Waals surface area (Å²) in [7, 11) is 0. The van der Waals surface area contributed by atoms with E-state index in [9.17, 15) is 4.79 Å². The number of hydrogen-bond donors (Lipinski definition) is 2. The van der Waals surface area contributed by atoms with E-state index >= 15 is 0 Å². The zero-order chi connectivity index (χ0) is 18.3. The Balaban J connectivity index is 1.56. The number of carbonyl (C=O) groups excluding carboxylic acids is 1. The third-order valence-corrected chi connectivity index (χ3v) is 5.47.